The number of thiazole rings is 1. The summed E-state index contributed by atoms with van der Waals surface area (Å²) in [6.45, 7) is 2.20. The van der Waals surface area contributed by atoms with Crippen LogP contribution in [-0.2, 0) is 7.05 Å². The molecule has 2 heterocycles. The van der Waals surface area contributed by atoms with E-state index in [9.17, 15) is 9.59 Å². The highest BCUT2D eigenvalue weighted by atomic mass is 32.1. The third-order valence-corrected chi connectivity index (χ3v) is 3.08. The van der Waals surface area contributed by atoms with Crippen LogP contribution in [0.2, 0.25) is 0 Å². The van der Waals surface area contributed by atoms with Crippen LogP contribution in [0.25, 0.3) is 0 Å². The molecule has 0 aliphatic rings. The van der Waals surface area contributed by atoms with Gasteiger partial charge in [0.2, 0.25) is 5.43 Å². The largest absolute Gasteiger partial charge is 0.488 e. The lowest BCUT2D eigenvalue weighted by atomic mass is 10.3. The van der Waals surface area contributed by atoms with Crippen molar-refractivity contribution in [2.75, 3.05) is 11.9 Å². The number of hydrogen-bond donors (Lipinski definition) is 1. The standard InChI is InChI=1S/C12H13N3O3S/c1-3-18-10-7-15(2)8(6-9(10)16)11(17)14-12-13-4-5-19-12/h4-7H,3H2,1-2H3,(H,13,14,17). The number of anilines is 1. The Labute approximate surface area is 113 Å². The van der Waals surface area contributed by atoms with E-state index in [-0.39, 0.29) is 22.8 Å². The van der Waals surface area contributed by atoms with Gasteiger partial charge in [0.25, 0.3) is 5.91 Å². The predicted molar refractivity (Wildman–Crippen MR) is 72.9 cm³/mol. The number of carbonyl (C=O) groups is 1. The highest BCUT2D eigenvalue weighted by Crippen LogP contribution is 2.12. The van der Waals surface area contributed by atoms with Crippen molar-refractivity contribution < 1.29 is 9.53 Å². The number of nitrogens with one attached hydrogen (secondary N) is 1. The average Bonchev–Trinajstić information content (AvgIpc) is 2.86. The van der Waals surface area contributed by atoms with E-state index in [1.54, 1.807) is 30.1 Å². The maximum Gasteiger partial charge on any atom is 0.274 e. The lowest BCUT2D eigenvalue weighted by Crippen LogP contribution is -2.21. The molecule has 0 atom stereocenters. The Balaban J connectivity index is 2.27. The topological polar surface area (TPSA) is 73.2 Å². The number of pyridine rings is 1. The molecule has 0 saturated carbocycles. The average molecular weight is 279 g/mol. The van der Waals surface area contributed by atoms with Gasteiger partial charge < -0.3 is 9.30 Å². The summed E-state index contributed by atoms with van der Waals surface area (Å²) in [5.41, 5.74) is -0.0621. The van der Waals surface area contributed by atoms with Crippen molar-refractivity contribution in [2.45, 2.75) is 6.92 Å². The first-order chi connectivity index (χ1) is 9.11. The first kappa shape index (κ1) is 13.3. The third kappa shape index (κ3) is 3.00. The molecule has 0 fully saturated rings. The van der Waals surface area contributed by atoms with Crippen molar-refractivity contribution in [3.63, 3.8) is 0 Å². The van der Waals surface area contributed by atoms with Gasteiger partial charge in [-0.05, 0) is 6.92 Å². The highest BCUT2D eigenvalue weighted by molar-refractivity contribution is 7.13. The summed E-state index contributed by atoms with van der Waals surface area (Å²) in [7, 11) is 1.68. The van der Waals surface area contributed by atoms with E-state index in [1.807, 2.05) is 0 Å². The van der Waals surface area contributed by atoms with E-state index in [4.69, 9.17) is 4.74 Å². The lowest BCUT2D eigenvalue weighted by molar-refractivity contribution is 0.101. The maximum atomic E-state index is 12.0. The Morgan fingerprint density at radius 2 is 2.37 bits per heavy atom. The fourth-order valence-corrected chi connectivity index (χ4v) is 2.07. The Morgan fingerprint density at radius 1 is 1.58 bits per heavy atom. The minimum absolute atomic E-state index is 0.232. The fourth-order valence-electron chi connectivity index (χ4n) is 1.54. The van der Waals surface area contributed by atoms with E-state index < -0.39 is 0 Å². The summed E-state index contributed by atoms with van der Waals surface area (Å²) in [4.78, 5) is 27.7. The van der Waals surface area contributed by atoms with E-state index >= 15 is 0 Å². The lowest BCUT2D eigenvalue weighted by Gasteiger charge is -2.10. The van der Waals surface area contributed by atoms with Crippen LogP contribution in [-0.4, -0.2) is 22.1 Å². The second-order valence-corrected chi connectivity index (χ2v) is 4.62. The molecule has 0 bridgehead atoms. The number of amides is 1. The van der Waals surface area contributed by atoms with Gasteiger partial charge in [-0.25, -0.2) is 4.98 Å². The Morgan fingerprint density at radius 3 is 3.00 bits per heavy atom. The molecule has 1 amide bonds. The van der Waals surface area contributed by atoms with Crippen LogP contribution in [0.4, 0.5) is 5.13 Å². The number of hydrogen-bond acceptors (Lipinski definition) is 5. The first-order valence-electron chi connectivity index (χ1n) is 5.66. The van der Waals surface area contributed by atoms with Crippen molar-refractivity contribution >= 4 is 22.4 Å². The molecule has 0 radical (unpaired) electrons. The predicted octanol–water partition coefficient (Wildman–Crippen LogP) is 1.49. The van der Waals surface area contributed by atoms with Gasteiger partial charge in [0.05, 0.1) is 12.8 Å². The van der Waals surface area contributed by atoms with E-state index in [0.717, 1.165) is 0 Å². The molecule has 0 aliphatic heterocycles. The van der Waals surface area contributed by atoms with Gasteiger partial charge in [-0.15, -0.1) is 11.3 Å². The summed E-state index contributed by atoms with van der Waals surface area (Å²) >= 11 is 1.31. The van der Waals surface area contributed by atoms with Crippen molar-refractivity contribution in [3.05, 3.63) is 39.8 Å². The normalized spacial score (nSPS) is 10.2. The summed E-state index contributed by atoms with van der Waals surface area (Å²) in [6.07, 6.45) is 3.10. The molecular weight excluding hydrogens is 266 g/mol. The van der Waals surface area contributed by atoms with E-state index in [1.165, 1.54) is 23.6 Å². The van der Waals surface area contributed by atoms with Crippen LogP contribution in [0.15, 0.2) is 28.6 Å². The van der Waals surface area contributed by atoms with Gasteiger partial charge >= 0.3 is 0 Å². The zero-order valence-corrected chi connectivity index (χ0v) is 11.4. The zero-order valence-electron chi connectivity index (χ0n) is 10.5. The van der Waals surface area contributed by atoms with Gasteiger partial charge in [-0.2, -0.15) is 0 Å². The minimum atomic E-state index is -0.377. The van der Waals surface area contributed by atoms with Crippen molar-refractivity contribution in [3.8, 4) is 5.75 Å². The minimum Gasteiger partial charge on any atom is -0.488 e. The zero-order chi connectivity index (χ0) is 13.8. The molecule has 7 heteroatoms. The molecule has 2 aromatic rings. The van der Waals surface area contributed by atoms with Crippen LogP contribution in [0.3, 0.4) is 0 Å². The number of aryl methyl sites for hydroxylation is 1. The van der Waals surface area contributed by atoms with Gasteiger partial charge in [0, 0.05) is 24.7 Å². The molecule has 100 valence electrons. The second-order valence-electron chi connectivity index (χ2n) is 3.72. The molecule has 0 aromatic carbocycles. The van der Waals surface area contributed by atoms with Gasteiger partial charge in [0.15, 0.2) is 10.9 Å². The van der Waals surface area contributed by atoms with E-state index in [2.05, 4.69) is 10.3 Å². The molecule has 2 rings (SSSR count). The molecule has 1 N–H and O–H groups in total. The molecule has 0 unspecified atom stereocenters. The summed E-state index contributed by atoms with van der Waals surface area (Å²) < 4.78 is 6.73. The van der Waals surface area contributed by atoms with Crippen molar-refractivity contribution in [1.29, 1.82) is 0 Å². The van der Waals surface area contributed by atoms with Crippen LogP contribution in [0.5, 0.6) is 5.75 Å². The van der Waals surface area contributed by atoms with Crippen molar-refractivity contribution in [2.24, 2.45) is 7.05 Å². The maximum absolute atomic E-state index is 12.0. The highest BCUT2D eigenvalue weighted by Gasteiger charge is 2.13. The fraction of sp³-hybridized carbons (Fsp3) is 0.250. The smallest absolute Gasteiger partial charge is 0.274 e. The first-order valence-corrected chi connectivity index (χ1v) is 6.54. The SMILES string of the molecule is CCOc1cn(C)c(C(=O)Nc2nccs2)cc1=O. The van der Waals surface area contributed by atoms with Crippen LogP contribution < -0.4 is 15.5 Å². The summed E-state index contributed by atoms with van der Waals surface area (Å²) in [5.74, 6) is -0.145. The molecule has 0 aliphatic carbocycles. The Kier molecular flexibility index (Phi) is 3.96. The van der Waals surface area contributed by atoms with Gasteiger partial charge in [-0.1, -0.05) is 0 Å². The monoisotopic (exact) mass is 279 g/mol. The number of ether oxygens (including phenoxy) is 1. The number of rotatable bonds is 4. The van der Waals surface area contributed by atoms with Gasteiger partial charge in [0.1, 0.15) is 5.69 Å². The van der Waals surface area contributed by atoms with Crippen LogP contribution >= 0.6 is 11.3 Å². The Hall–Kier alpha value is -2.15. The number of nitrogens with zero attached hydrogens (tertiary/aromatic N) is 2. The molecule has 2 aromatic heterocycles. The van der Waals surface area contributed by atoms with E-state index in [0.29, 0.717) is 11.7 Å². The van der Waals surface area contributed by atoms with Crippen LogP contribution in [0, 0.1) is 0 Å². The summed E-state index contributed by atoms with van der Waals surface area (Å²) in [6, 6.07) is 1.26. The number of aromatic nitrogens is 2. The Bertz CT molecular complexity index is 634. The van der Waals surface area contributed by atoms with Crippen molar-refractivity contribution in [1.82, 2.24) is 9.55 Å². The third-order valence-electron chi connectivity index (χ3n) is 2.39. The van der Waals surface area contributed by atoms with Gasteiger partial charge in [-0.3, -0.25) is 14.9 Å². The molecular formula is C12H13N3O3S. The summed E-state index contributed by atoms with van der Waals surface area (Å²) in [5, 5.41) is 4.87. The number of carbonyl (C=O) groups excluding carboxylic acids is 1. The molecule has 0 saturated heterocycles. The van der Waals surface area contributed by atoms with Crippen LogP contribution in [0.1, 0.15) is 17.4 Å². The molecule has 19 heavy (non-hydrogen) atoms. The molecule has 6 nitrogen and oxygen atoms in total. The quantitative estimate of drug-likeness (QED) is 0.920. The molecule has 0 spiro atoms. The second kappa shape index (κ2) is 5.66.